The zero-order valence-corrected chi connectivity index (χ0v) is 12.6. The van der Waals surface area contributed by atoms with E-state index in [-0.39, 0.29) is 6.04 Å². The topological polar surface area (TPSA) is 61.3 Å². The van der Waals surface area contributed by atoms with Crippen LogP contribution in [0.15, 0.2) is 33.3 Å². The average molecular weight is 325 g/mol. The van der Waals surface area contributed by atoms with Gasteiger partial charge in [-0.25, -0.2) is 0 Å². The number of benzene rings is 1. The monoisotopic (exact) mass is 324 g/mol. The van der Waals surface area contributed by atoms with Crippen molar-refractivity contribution in [2.24, 2.45) is 5.73 Å². The van der Waals surface area contributed by atoms with E-state index in [9.17, 15) is 0 Å². The number of aromatic nitrogens is 1. The first-order chi connectivity index (χ1) is 9.15. The number of ether oxygens (including phenoxy) is 1. The van der Waals surface area contributed by atoms with E-state index in [1.165, 1.54) is 0 Å². The third-order valence-electron chi connectivity index (χ3n) is 2.94. The minimum atomic E-state index is -0.0899. The fourth-order valence-electron chi connectivity index (χ4n) is 1.88. The molecule has 1 aromatic heterocycles. The van der Waals surface area contributed by atoms with E-state index in [2.05, 4.69) is 28.0 Å². The maximum absolute atomic E-state index is 6.01. The lowest BCUT2D eigenvalue weighted by atomic mass is 10.1. The van der Waals surface area contributed by atoms with Crippen molar-refractivity contribution in [1.29, 1.82) is 0 Å². The quantitative estimate of drug-likeness (QED) is 0.905. The molecular weight excluding hydrogens is 308 g/mol. The Balaban J connectivity index is 2.25. The first kappa shape index (κ1) is 14.1. The second-order valence-corrected chi connectivity index (χ2v) is 5.21. The fraction of sp³-hybridized carbons (Fsp3) is 0.357. The molecule has 4 nitrogen and oxygen atoms in total. The molecule has 1 atom stereocenters. The second-order valence-electron chi connectivity index (χ2n) is 4.36. The van der Waals surface area contributed by atoms with Crippen LogP contribution in [0.4, 0.5) is 0 Å². The number of rotatable bonds is 5. The van der Waals surface area contributed by atoms with Gasteiger partial charge in [-0.3, -0.25) is 0 Å². The molecule has 1 aromatic carbocycles. The molecule has 0 aliphatic rings. The molecule has 1 unspecified atom stereocenters. The summed E-state index contributed by atoms with van der Waals surface area (Å²) < 4.78 is 11.4. The first-order valence-corrected chi connectivity index (χ1v) is 7.01. The molecule has 2 aromatic rings. The molecule has 0 aliphatic heterocycles. The average Bonchev–Trinajstić information content (AvgIpc) is 2.88. The van der Waals surface area contributed by atoms with E-state index < -0.39 is 0 Å². The van der Waals surface area contributed by atoms with Gasteiger partial charge < -0.3 is 15.0 Å². The minimum absolute atomic E-state index is 0.0899. The Morgan fingerprint density at radius 2 is 2.21 bits per heavy atom. The van der Waals surface area contributed by atoms with Gasteiger partial charge in [-0.2, -0.15) is 0 Å². The number of methoxy groups -OCH3 is 1. The van der Waals surface area contributed by atoms with Crippen molar-refractivity contribution in [3.05, 3.63) is 34.5 Å². The van der Waals surface area contributed by atoms with Gasteiger partial charge in [-0.15, -0.1) is 0 Å². The number of halogens is 1. The molecule has 2 rings (SSSR count). The lowest BCUT2D eigenvalue weighted by molar-refractivity contribution is 0.356. The van der Waals surface area contributed by atoms with Crippen LogP contribution in [0, 0.1) is 0 Å². The van der Waals surface area contributed by atoms with Crippen molar-refractivity contribution in [2.45, 2.75) is 25.8 Å². The van der Waals surface area contributed by atoms with Gasteiger partial charge in [0.2, 0.25) is 0 Å². The van der Waals surface area contributed by atoms with Gasteiger partial charge in [0, 0.05) is 11.6 Å². The van der Waals surface area contributed by atoms with Crippen molar-refractivity contribution >= 4 is 15.9 Å². The summed E-state index contributed by atoms with van der Waals surface area (Å²) in [6.07, 6.45) is 1.91. The van der Waals surface area contributed by atoms with Crippen LogP contribution in [0.2, 0.25) is 0 Å². The van der Waals surface area contributed by atoms with Gasteiger partial charge in [0.05, 0.1) is 17.6 Å². The normalized spacial score (nSPS) is 12.4. The van der Waals surface area contributed by atoms with E-state index in [1.807, 2.05) is 24.3 Å². The molecular formula is C14H17BrN2O2. The highest BCUT2D eigenvalue weighted by atomic mass is 79.9. The van der Waals surface area contributed by atoms with Crippen LogP contribution >= 0.6 is 15.9 Å². The summed E-state index contributed by atoms with van der Waals surface area (Å²) in [5.41, 5.74) is 7.76. The first-order valence-electron chi connectivity index (χ1n) is 6.21. The number of hydrogen-bond acceptors (Lipinski definition) is 4. The molecule has 0 aliphatic carbocycles. The Kier molecular flexibility index (Phi) is 4.61. The van der Waals surface area contributed by atoms with E-state index in [0.29, 0.717) is 0 Å². The molecule has 2 N–H and O–H groups in total. The predicted octanol–water partition coefficient (Wildman–Crippen LogP) is 3.91. The highest BCUT2D eigenvalue weighted by Gasteiger charge is 2.13. The Morgan fingerprint density at radius 3 is 2.84 bits per heavy atom. The predicted molar refractivity (Wildman–Crippen MR) is 78.0 cm³/mol. The van der Waals surface area contributed by atoms with Crippen LogP contribution in [-0.4, -0.2) is 12.3 Å². The maximum Gasteiger partial charge on any atom is 0.154 e. The largest absolute Gasteiger partial charge is 0.496 e. The second kappa shape index (κ2) is 6.21. The lowest BCUT2D eigenvalue weighted by Crippen LogP contribution is -2.08. The molecule has 0 saturated carbocycles. The molecule has 5 heteroatoms. The van der Waals surface area contributed by atoms with Crippen LogP contribution < -0.4 is 10.5 Å². The molecule has 0 radical (unpaired) electrons. The summed E-state index contributed by atoms with van der Waals surface area (Å²) in [7, 11) is 1.64. The Hall–Kier alpha value is -1.33. The van der Waals surface area contributed by atoms with Crippen LogP contribution in [0.1, 0.15) is 31.6 Å². The van der Waals surface area contributed by atoms with Gasteiger partial charge >= 0.3 is 0 Å². The summed E-state index contributed by atoms with van der Waals surface area (Å²) in [5.74, 6) is 1.51. The van der Waals surface area contributed by atoms with Crippen LogP contribution in [0.25, 0.3) is 11.3 Å². The van der Waals surface area contributed by atoms with Gasteiger partial charge in [-0.1, -0.05) is 18.5 Å². The van der Waals surface area contributed by atoms with Crippen LogP contribution in [0.3, 0.4) is 0 Å². The molecule has 19 heavy (non-hydrogen) atoms. The Labute approximate surface area is 121 Å². The van der Waals surface area contributed by atoms with Gasteiger partial charge in [0.25, 0.3) is 0 Å². The third-order valence-corrected chi connectivity index (χ3v) is 3.56. The fourth-order valence-corrected chi connectivity index (χ4v) is 2.42. The highest BCUT2D eigenvalue weighted by Crippen LogP contribution is 2.31. The van der Waals surface area contributed by atoms with Gasteiger partial charge in [0.1, 0.15) is 11.4 Å². The minimum Gasteiger partial charge on any atom is -0.496 e. The van der Waals surface area contributed by atoms with Crippen molar-refractivity contribution in [3.8, 4) is 17.0 Å². The Bertz CT molecular complexity index is 554. The van der Waals surface area contributed by atoms with Crippen molar-refractivity contribution in [1.82, 2.24) is 5.16 Å². The molecule has 0 spiro atoms. The molecule has 102 valence electrons. The number of hydrogen-bond donors (Lipinski definition) is 1. The number of nitrogens with zero attached hydrogens (tertiary/aromatic N) is 1. The summed E-state index contributed by atoms with van der Waals surface area (Å²) in [6, 6.07) is 7.59. The zero-order valence-electron chi connectivity index (χ0n) is 11.0. The van der Waals surface area contributed by atoms with E-state index in [4.69, 9.17) is 15.0 Å². The summed E-state index contributed by atoms with van der Waals surface area (Å²) >= 11 is 3.46. The summed E-state index contributed by atoms with van der Waals surface area (Å²) in [5, 5.41) is 4.07. The van der Waals surface area contributed by atoms with E-state index in [0.717, 1.165) is 40.1 Å². The molecule has 0 saturated heterocycles. The summed E-state index contributed by atoms with van der Waals surface area (Å²) in [4.78, 5) is 0. The molecule has 1 heterocycles. The number of nitrogens with two attached hydrogens (primary N) is 1. The lowest BCUT2D eigenvalue weighted by Gasteiger charge is -2.04. The summed E-state index contributed by atoms with van der Waals surface area (Å²) in [6.45, 7) is 2.09. The van der Waals surface area contributed by atoms with E-state index >= 15 is 0 Å². The molecule has 0 bridgehead atoms. The zero-order chi connectivity index (χ0) is 13.8. The standard InChI is InChI=1S/C14H17BrN2O2/c1-3-4-11(16)14-8-12(17-19-14)9-5-6-13(18-2)10(15)7-9/h5-8,11H,3-4,16H2,1-2H3. The van der Waals surface area contributed by atoms with Crippen molar-refractivity contribution in [3.63, 3.8) is 0 Å². The van der Waals surface area contributed by atoms with Gasteiger partial charge in [0.15, 0.2) is 5.76 Å². The third kappa shape index (κ3) is 3.16. The maximum atomic E-state index is 6.01. The van der Waals surface area contributed by atoms with Crippen molar-refractivity contribution in [2.75, 3.05) is 7.11 Å². The van der Waals surface area contributed by atoms with Crippen molar-refractivity contribution < 1.29 is 9.26 Å². The smallest absolute Gasteiger partial charge is 0.154 e. The Morgan fingerprint density at radius 1 is 1.42 bits per heavy atom. The molecule has 0 fully saturated rings. The molecule has 0 amide bonds. The van der Waals surface area contributed by atoms with E-state index in [1.54, 1.807) is 7.11 Å². The van der Waals surface area contributed by atoms with Gasteiger partial charge in [-0.05, 0) is 40.5 Å². The van der Waals surface area contributed by atoms with Crippen LogP contribution in [-0.2, 0) is 0 Å². The van der Waals surface area contributed by atoms with Crippen LogP contribution in [0.5, 0.6) is 5.75 Å². The SMILES string of the molecule is CCCC(N)c1cc(-c2ccc(OC)c(Br)c2)no1. The highest BCUT2D eigenvalue weighted by molar-refractivity contribution is 9.10.